The Hall–Kier alpha value is -1.79. The second kappa shape index (κ2) is 6.54. The number of hydrogen-bond acceptors (Lipinski definition) is 4. The first-order chi connectivity index (χ1) is 10.6. The Morgan fingerprint density at radius 2 is 2.05 bits per heavy atom. The molecule has 22 heavy (non-hydrogen) atoms. The second-order valence-electron chi connectivity index (χ2n) is 5.37. The van der Waals surface area contributed by atoms with Crippen LogP contribution < -0.4 is 0 Å². The maximum absolute atomic E-state index is 13.9. The SMILES string of the molecule is O=C(O)c1sc(CCN2CCCC2)nc1-c1ccccc1F. The Morgan fingerprint density at radius 1 is 1.32 bits per heavy atom. The van der Waals surface area contributed by atoms with E-state index in [1.165, 1.54) is 18.9 Å². The molecule has 0 atom stereocenters. The molecule has 0 spiro atoms. The van der Waals surface area contributed by atoms with E-state index in [9.17, 15) is 14.3 Å². The van der Waals surface area contributed by atoms with Gasteiger partial charge in [-0.15, -0.1) is 11.3 Å². The molecule has 6 heteroatoms. The van der Waals surface area contributed by atoms with Gasteiger partial charge < -0.3 is 10.0 Å². The summed E-state index contributed by atoms with van der Waals surface area (Å²) in [4.78, 5) is 18.3. The van der Waals surface area contributed by atoms with Gasteiger partial charge in [-0.1, -0.05) is 12.1 Å². The topological polar surface area (TPSA) is 53.4 Å². The number of likely N-dealkylation sites (tertiary alicyclic amines) is 1. The van der Waals surface area contributed by atoms with E-state index >= 15 is 0 Å². The lowest BCUT2D eigenvalue weighted by molar-refractivity contribution is 0.0702. The van der Waals surface area contributed by atoms with Gasteiger partial charge in [-0.05, 0) is 38.1 Å². The van der Waals surface area contributed by atoms with E-state index in [1.54, 1.807) is 18.2 Å². The predicted molar refractivity (Wildman–Crippen MR) is 83.8 cm³/mol. The number of aromatic nitrogens is 1. The van der Waals surface area contributed by atoms with Gasteiger partial charge in [-0.2, -0.15) is 0 Å². The van der Waals surface area contributed by atoms with Crippen molar-refractivity contribution in [2.24, 2.45) is 0 Å². The minimum Gasteiger partial charge on any atom is -0.477 e. The van der Waals surface area contributed by atoms with Crippen LogP contribution in [0.25, 0.3) is 11.3 Å². The fraction of sp³-hybridized carbons (Fsp3) is 0.375. The highest BCUT2D eigenvalue weighted by Gasteiger charge is 2.21. The minimum atomic E-state index is -1.05. The van der Waals surface area contributed by atoms with Gasteiger partial charge in [0.2, 0.25) is 0 Å². The molecule has 2 aromatic rings. The summed E-state index contributed by atoms with van der Waals surface area (Å²) in [5.74, 6) is -1.50. The molecule has 4 nitrogen and oxygen atoms in total. The highest BCUT2D eigenvalue weighted by Crippen LogP contribution is 2.30. The van der Waals surface area contributed by atoms with Crippen LogP contribution in [0.1, 0.15) is 27.5 Å². The van der Waals surface area contributed by atoms with Crippen LogP contribution in [0.5, 0.6) is 0 Å². The predicted octanol–water partition coefficient (Wildman–Crippen LogP) is 3.29. The van der Waals surface area contributed by atoms with Crippen LogP contribution in [0.15, 0.2) is 24.3 Å². The van der Waals surface area contributed by atoms with Crippen LogP contribution in [0, 0.1) is 5.82 Å². The lowest BCUT2D eigenvalue weighted by Gasteiger charge is -2.12. The highest BCUT2D eigenvalue weighted by atomic mass is 32.1. The summed E-state index contributed by atoms with van der Waals surface area (Å²) in [6.07, 6.45) is 3.15. The third-order valence-electron chi connectivity index (χ3n) is 3.84. The van der Waals surface area contributed by atoms with Gasteiger partial charge in [-0.3, -0.25) is 0 Å². The largest absolute Gasteiger partial charge is 0.477 e. The zero-order chi connectivity index (χ0) is 15.5. The van der Waals surface area contributed by atoms with E-state index < -0.39 is 11.8 Å². The molecule has 1 aromatic heterocycles. The molecule has 2 heterocycles. The Labute approximate surface area is 132 Å². The van der Waals surface area contributed by atoms with Crippen molar-refractivity contribution in [3.63, 3.8) is 0 Å². The number of aromatic carboxylic acids is 1. The Bertz CT molecular complexity index is 681. The molecular weight excluding hydrogens is 303 g/mol. The van der Waals surface area contributed by atoms with Crippen molar-refractivity contribution in [1.29, 1.82) is 0 Å². The van der Waals surface area contributed by atoms with E-state index in [0.29, 0.717) is 6.42 Å². The summed E-state index contributed by atoms with van der Waals surface area (Å²) in [7, 11) is 0. The molecule has 0 saturated carbocycles. The van der Waals surface area contributed by atoms with Gasteiger partial charge in [0.25, 0.3) is 0 Å². The van der Waals surface area contributed by atoms with Gasteiger partial charge in [0.05, 0.1) is 10.7 Å². The zero-order valence-electron chi connectivity index (χ0n) is 12.1. The normalized spacial score (nSPS) is 15.3. The Balaban J connectivity index is 1.86. The molecule has 1 aromatic carbocycles. The standard InChI is InChI=1S/C16H17FN2O2S/c17-12-6-2-1-5-11(12)14-15(16(20)21)22-13(18-14)7-10-19-8-3-4-9-19/h1-2,5-6H,3-4,7-10H2,(H,20,21). The number of rotatable bonds is 5. The third-order valence-corrected chi connectivity index (χ3v) is 4.94. The van der Waals surface area contributed by atoms with Crippen LogP contribution in [0.2, 0.25) is 0 Å². The lowest BCUT2D eigenvalue weighted by atomic mass is 10.1. The number of carboxylic acid groups (broad SMARTS) is 1. The summed E-state index contributed by atoms with van der Waals surface area (Å²) in [6, 6.07) is 6.17. The Kier molecular flexibility index (Phi) is 4.49. The first-order valence-corrected chi connectivity index (χ1v) is 8.17. The highest BCUT2D eigenvalue weighted by molar-refractivity contribution is 7.14. The first-order valence-electron chi connectivity index (χ1n) is 7.35. The van der Waals surface area contributed by atoms with Crippen LogP contribution >= 0.6 is 11.3 Å². The first kappa shape index (κ1) is 15.1. The van der Waals surface area contributed by atoms with Crippen molar-refractivity contribution < 1.29 is 14.3 Å². The summed E-state index contributed by atoms with van der Waals surface area (Å²) in [6.45, 7) is 3.07. The average Bonchev–Trinajstić information content (AvgIpc) is 3.15. The average molecular weight is 320 g/mol. The van der Waals surface area contributed by atoms with Crippen molar-refractivity contribution in [3.05, 3.63) is 40.0 Å². The van der Waals surface area contributed by atoms with Gasteiger partial charge in [0.1, 0.15) is 10.7 Å². The van der Waals surface area contributed by atoms with Crippen LogP contribution in [0.3, 0.4) is 0 Å². The maximum Gasteiger partial charge on any atom is 0.348 e. The summed E-state index contributed by atoms with van der Waals surface area (Å²) in [5.41, 5.74) is 0.496. The second-order valence-corrected chi connectivity index (χ2v) is 6.45. The zero-order valence-corrected chi connectivity index (χ0v) is 12.9. The number of nitrogens with zero attached hydrogens (tertiary/aromatic N) is 2. The van der Waals surface area contributed by atoms with Crippen LogP contribution in [-0.4, -0.2) is 40.6 Å². The summed E-state index contributed by atoms with van der Waals surface area (Å²) >= 11 is 1.15. The van der Waals surface area contributed by atoms with Gasteiger partial charge in [0.15, 0.2) is 0 Å². The Morgan fingerprint density at radius 3 is 2.73 bits per heavy atom. The molecule has 116 valence electrons. The van der Waals surface area contributed by atoms with Crippen molar-refractivity contribution in [3.8, 4) is 11.3 Å². The van der Waals surface area contributed by atoms with Crippen LogP contribution in [0.4, 0.5) is 4.39 Å². The fourth-order valence-electron chi connectivity index (χ4n) is 2.71. The molecule has 0 amide bonds. The van der Waals surface area contributed by atoms with Crippen molar-refractivity contribution in [2.75, 3.05) is 19.6 Å². The van der Waals surface area contributed by atoms with Gasteiger partial charge >= 0.3 is 5.97 Å². The lowest BCUT2D eigenvalue weighted by Crippen LogP contribution is -2.21. The number of benzene rings is 1. The molecule has 0 radical (unpaired) electrons. The quantitative estimate of drug-likeness (QED) is 0.918. The molecule has 1 fully saturated rings. The molecule has 0 bridgehead atoms. The molecule has 1 saturated heterocycles. The van der Waals surface area contributed by atoms with E-state index in [4.69, 9.17) is 0 Å². The van der Waals surface area contributed by atoms with E-state index in [0.717, 1.165) is 36.0 Å². The number of thiazole rings is 1. The van der Waals surface area contributed by atoms with Crippen molar-refractivity contribution in [2.45, 2.75) is 19.3 Å². The van der Waals surface area contributed by atoms with E-state index in [1.807, 2.05) is 0 Å². The number of hydrogen-bond donors (Lipinski definition) is 1. The molecule has 1 aliphatic heterocycles. The fourth-order valence-corrected chi connectivity index (χ4v) is 3.62. The molecule has 3 rings (SSSR count). The third kappa shape index (κ3) is 3.18. The number of carboxylic acids is 1. The van der Waals surface area contributed by atoms with E-state index in [2.05, 4.69) is 9.88 Å². The monoisotopic (exact) mass is 320 g/mol. The van der Waals surface area contributed by atoms with Crippen molar-refractivity contribution in [1.82, 2.24) is 9.88 Å². The smallest absolute Gasteiger partial charge is 0.348 e. The molecule has 0 aliphatic carbocycles. The molecule has 1 N–H and O–H groups in total. The summed E-state index contributed by atoms with van der Waals surface area (Å²) in [5, 5.41) is 10.1. The molecular formula is C16H17FN2O2S. The van der Waals surface area contributed by atoms with Gasteiger partial charge in [-0.25, -0.2) is 14.2 Å². The maximum atomic E-state index is 13.9. The number of carbonyl (C=O) groups is 1. The van der Waals surface area contributed by atoms with Crippen molar-refractivity contribution >= 4 is 17.3 Å². The van der Waals surface area contributed by atoms with Gasteiger partial charge in [0, 0.05) is 18.5 Å². The van der Waals surface area contributed by atoms with Crippen LogP contribution in [-0.2, 0) is 6.42 Å². The summed E-state index contributed by atoms with van der Waals surface area (Å²) < 4.78 is 13.9. The minimum absolute atomic E-state index is 0.113. The number of halogens is 1. The van der Waals surface area contributed by atoms with E-state index in [-0.39, 0.29) is 16.1 Å². The molecule has 1 aliphatic rings. The molecule has 0 unspecified atom stereocenters.